The van der Waals surface area contributed by atoms with Crippen LogP contribution in [0.25, 0.3) is 0 Å². The Labute approximate surface area is 141 Å². The Morgan fingerprint density at radius 3 is 1.09 bits per heavy atom. The molecule has 6 aliphatic rings. The van der Waals surface area contributed by atoms with E-state index in [9.17, 15) is 8.42 Å². The van der Waals surface area contributed by atoms with Gasteiger partial charge in [-0.2, -0.15) is 17.9 Å². The van der Waals surface area contributed by atoms with E-state index in [0.29, 0.717) is 10.8 Å². The smallest absolute Gasteiger partial charge is 0.196 e. The molecular formula is C18H32N2O2S. The van der Waals surface area contributed by atoms with Crippen LogP contribution in [0.1, 0.15) is 90.9 Å². The van der Waals surface area contributed by atoms with Gasteiger partial charge in [0.2, 0.25) is 0 Å². The predicted octanol–water partition coefficient (Wildman–Crippen LogP) is 3.64. The van der Waals surface area contributed by atoms with Gasteiger partial charge in [-0.05, 0) is 87.9 Å². The molecule has 0 aromatic carbocycles. The highest BCUT2D eigenvalue weighted by Crippen LogP contribution is 2.53. The Hall–Kier alpha value is -0.130. The molecule has 0 atom stereocenters. The maximum atomic E-state index is 12.9. The van der Waals surface area contributed by atoms with Crippen molar-refractivity contribution in [2.45, 2.75) is 102 Å². The van der Waals surface area contributed by atoms with Gasteiger partial charge in [-0.25, -0.2) is 0 Å². The van der Waals surface area contributed by atoms with Gasteiger partial charge in [0.25, 0.3) is 10.2 Å². The van der Waals surface area contributed by atoms with Crippen molar-refractivity contribution in [3.8, 4) is 0 Å². The maximum Gasteiger partial charge on any atom is 0.277 e. The van der Waals surface area contributed by atoms with E-state index in [1.807, 2.05) is 0 Å². The summed E-state index contributed by atoms with van der Waals surface area (Å²) in [5.74, 6) is 0. The average Bonchev–Trinajstić information content (AvgIpc) is 2.50. The molecular weight excluding hydrogens is 308 g/mol. The van der Waals surface area contributed by atoms with Gasteiger partial charge >= 0.3 is 0 Å². The molecule has 0 aromatic heterocycles. The molecule has 0 heterocycles. The lowest BCUT2D eigenvalue weighted by Crippen LogP contribution is -2.63. The Bertz CT molecular complexity index is 503. The molecule has 2 N–H and O–H groups in total. The Kier molecular flexibility index (Phi) is 3.52. The second-order valence-electron chi connectivity index (χ2n) is 9.89. The first-order chi connectivity index (χ1) is 10.7. The zero-order chi connectivity index (χ0) is 16.4. The van der Waals surface area contributed by atoms with Gasteiger partial charge in [-0.15, -0.1) is 0 Å². The lowest BCUT2D eigenvalue weighted by atomic mass is 9.58. The molecule has 6 saturated carbocycles. The Balaban J connectivity index is 1.45. The van der Waals surface area contributed by atoms with Crippen molar-refractivity contribution in [2.75, 3.05) is 0 Å². The third-order valence-electron chi connectivity index (χ3n) is 7.94. The first kappa shape index (κ1) is 16.3. The van der Waals surface area contributed by atoms with Crippen LogP contribution in [-0.4, -0.2) is 19.5 Å². The number of hydrogen-bond donors (Lipinski definition) is 2. The second-order valence-corrected chi connectivity index (χ2v) is 11.3. The third kappa shape index (κ3) is 2.98. The van der Waals surface area contributed by atoms with Crippen LogP contribution in [0.2, 0.25) is 0 Å². The standard InChI is InChI=1S/C18H32N2O2S/c1-15-3-9-17(10-4-15,11-5-15)19-23(21,22)20-18-12-6-16(2,7-13-18)8-14-18/h19-20H,3-14H2,1-2H3. The van der Waals surface area contributed by atoms with E-state index in [1.165, 1.54) is 38.5 Å². The molecule has 132 valence electrons. The monoisotopic (exact) mass is 340 g/mol. The van der Waals surface area contributed by atoms with Crippen LogP contribution in [0.4, 0.5) is 0 Å². The highest BCUT2D eigenvalue weighted by molar-refractivity contribution is 7.87. The summed E-state index contributed by atoms with van der Waals surface area (Å²) in [4.78, 5) is 0. The van der Waals surface area contributed by atoms with Gasteiger partial charge in [-0.3, -0.25) is 0 Å². The molecule has 0 saturated heterocycles. The molecule has 0 spiro atoms. The maximum absolute atomic E-state index is 12.9. The summed E-state index contributed by atoms with van der Waals surface area (Å²) in [6.45, 7) is 4.73. The first-order valence-electron chi connectivity index (χ1n) is 9.48. The van der Waals surface area contributed by atoms with Crippen molar-refractivity contribution in [2.24, 2.45) is 10.8 Å². The molecule has 4 nitrogen and oxygen atoms in total. The van der Waals surface area contributed by atoms with Gasteiger partial charge in [0.1, 0.15) is 0 Å². The first-order valence-corrected chi connectivity index (χ1v) is 11.0. The van der Waals surface area contributed by atoms with Gasteiger partial charge in [0, 0.05) is 11.1 Å². The molecule has 23 heavy (non-hydrogen) atoms. The second kappa shape index (κ2) is 4.95. The fourth-order valence-corrected chi connectivity index (χ4v) is 7.45. The quantitative estimate of drug-likeness (QED) is 0.821. The zero-order valence-electron chi connectivity index (χ0n) is 14.7. The normalized spacial score (nSPS) is 49.5. The third-order valence-corrected chi connectivity index (χ3v) is 9.35. The Morgan fingerprint density at radius 2 is 0.826 bits per heavy atom. The molecule has 4 bridgehead atoms. The van der Waals surface area contributed by atoms with E-state index in [0.717, 1.165) is 38.5 Å². The molecule has 0 aromatic rings. The van der Waals surface area contributed by atoms with Crippen LogP contribution >= 0.6 is 0 Å². The van der Waals surface area contributed by atoms with E-state index >= 15 is 0 Å². The fourth-order valence-electron chi connectivity index (χ4n) is 5.65. The van der Waals surface area contributed by atoms with Crippen LogP contribution in [-0.2, 0) is 10.2 Å². The van der Waals surface area contributed by atoms with Gasteiger partial charge in [0.15, 0.2) is 0 Å². The van der Waals surface area contributed by atoms with Crippen LogP contribution in [0.3, 0.4) is 0 Å². The predicted molar refractivity (Wildman–Crippen MR) is 92.3 cm³/mol. The van der Waals surface area contributed by atoms with E-state index < -0.39 is 10.2 Å². The van der Waals surface area contributed by atoms with Gasteiger partial charge in [-0.1, -0.05) is 13.8 Å². The summed E-state index contributed by atoms with van der Waals surface area (Å²) in [5.41, 5.74) is 0.600. The summed E-state index contributed by atoms with van der Waals surface area (Å²) in [6.07, 6.45) is 13.1. The SMILES string of the molecule is CC12CCC(NS(=O)(=O)NC34CCC(C)(CC3)CC4)(CC1)CC2. The highest BCUT2D eigenvalue weighted by atomic mass is 32.2. The minimum absolute atomic E-state index is 0.169. The fraction of sp³-hybridized carbons (Fsp3) is 1.00. The van der Waals surface area contributed by atoms with Crippen LogP contribution in [0.15, 0.2) is 0 Å². The molecule has 6 rings (SSSR count). The number of nitrogens with one attached hydrogen (secondary N) is 2. The summed E-state index contributed by atoms with van der Waals surface area (Å²) in [7, 11) is -3.41. The summed E-state index contributed by atoms with van der Waals surface area (Å²) < 4.78 is 32.0. The van der Waals surface area contributed by atoms with Crippen molar-refractivity contribution in [3.63, 3.8) is 0 Å². The topological polar surface area (TPSA) is 58.2 Å². The minimum atomic E-state index is -3.41. The largest absolute Gasteiger partial charge is 0.277 e. The summed E-state index contributed by atoms with van der Waals surface area (Å²) in [6, 6.07) is 0. The van der Waals surface area contributed by atoms with Crippen LogP contribution < -0.4 is 9.44 Å². The molecule has 5 heteroatoms. The molecule has 6 aliphatic carbocycles. The highest BCUT2D eigenvalue weighted by Gasteiger charge is 2.51. The van der Waals surface area contributed by atoms with Gasteiger partial charge in [0.05, 0.1) is 0 Å². The number of rotatable bonds is 4. The molecule has 0 unspecified atom stereocenters. The lowest BCUT2D eigenvalue weighted by Gasteiger charge is -2.54. The minimum Gasteiger partial charge on any atom is -0.196 e. The van der Waals surface area contributed by atoms with Crippen LogP contribution in [0.5, 0.6) is 0 Å². The lowest BCUT2D eigenvalue weighted by molar-refractivity contribution is 0.0436. The van der Waals surface area contributed by atoms with Crippen molar-refractivity contribution in [1.82, 2.24) is 9.44 Å². The van der Waals surface area contributed by atoms with Gasteiger partial charge < -0.3 is 0 Å². The molecule has 0 radical (unpaired) electrons. The van der Waals surface area contributed by atoms with E-state index in [4.69, 9.17) is 0 Å². The summed E-state index contributed by atoms with van der Waals surface area (Å²) >= 11 is 0. The number of hydrogen-bond acceptors (Lipinski definition) is 2. The van der Waals surface area contributed by atoms with E-state index in [1.54, 1.807) is 0 Å². The van der Waals surface area contributed by atoms with Crippen molar-refractivity contribution < 1.29 is 8.42 Å². The molecule has 0 amide bonds. The van der Waals surface area contributed by atoms with Crippen molar-refractivity contribution >= 4 is 10.2 Å². The molecule has 0 aliphatic heterocycles. The zero-order valence-corrected chi connectivity index (χ0v) is 15.5. The molecule has 6 fully saturated rings. The Morgan fingerprint density at radius 1 is 0.565 bits per heavy atom. The number of fused-ring (bicyclic) bond motifs is 6. The van der Waals surface area contributed by atoms with E-state index in [-0.39, 0.29) is 11.1 Å². The van der Waals surface area contributed by atoms with Crippen LogP contribution in [0, 0.1) is 10.8 Å². The summed E-state index contributed by atoms with van der Waals surface area (Å²) in [5, 5.41) is 0. The van der Waals surface area contributed by atoms with E-state index in [2.05, 4.69) is 23.3 Å². The van der Waals surface area contributed by atoms with Crippen molar-refractivity contribution in [3.05, 3.63) is 0 Å². The van der Waals surface area contributed by atoms with Crippen molar-refractivity contribution in [1.29, 1.82) is 0 Å². The average molecular weight is 341 g/mol.